The Morgan fingerprint density at radius 1 is 1.00 bits per heavy atom. The van der Waals surface area contributed by atoms with Crippen LogP contribution >= 0.6 is 0 Å². The first-order chi connectivity index (χ1) is 7.42. The maximum Gasteiger partial charge on any atom is 0.0273 e. The van der Waals surface area contributed by atoms with Crippen molar-refractivity contribution in [1.29, 1.82) is 0 Å². The summed E-state index contributed by atoms with van der Waals surface area (Å²) in [5.74, 6) is 0. The number of nitrogens with zero attached hydrogens (tertiary/aromatic N) is 1. The number of hydrogen-bond acceptors (Lipinski definition) is 1. The van der Waals surface area contributed by atoms with Crippen molar-refractivity contribution in [2.75, 3.05) is 0 Å². The monoisotopic (exact) mass is 196 g/mol. The number of aromatic nitrogens is 1. The minimum Gasteiger partial charge on any atom is -0.265 e. The molecule has 0 N–H and O–H groups in total. The Morgan fingerprint density at radius 3 is 2.47 bits per heavy atom. The predicted octanol–water partition coefficient (Wildman–Crippen LogP) is 3.52. The molecule has 0 unspecified atom stereocenters. The largest absolute Gasteiger partial charge is 0.265 e. The summed E-state index contributed by atoms with van der Waals surface area (Å²) in [6.45, 7) is 3.90. The highest BCUT2D eigenvalue weighted by Crippen LogP contribution is 2.23. The lowest BCUT2D eigenvalue weighted by molar-refractivity contribution is 1.00. The summed E-state index contributed by atoms with van der Waals surface area (Å²) in [6.07, 6.45) is 5.62. The molecule has 0 aliphatic rings. The zero-order valence-corrected chi connectivity index (χ0v) is 8.69. The van der Waals surface area contributed by atoms with Crippen molar-refractivity contribution < 1.29 is 0 Å². The zero-order valence-electron chi connectivity index (χ0n) is 8.69. The summed E-state index contributed by atoms with van der Waals surface area (Å²) in [5, 5.41) is 0. The van der Waals surface area contributed by atoms with Gasteiger partial charge in [0.25, 0.3) is 0 Å². The van der Waals surface area contributed by atoms with Gasteiger partial charge in [-0.2, -0.15) is 0 Å². The van der Waals surface area contributed by atoms with E-state index >= 15 is 0 Å². The molecule has 15 heavy (non-hydrogen) atoms. The summed E-state index contributed by atoms with van der Waals surface area (Å²) in [5.41, 5.74) is 3.89. The van der Waals surface area contributed by atoms with E-state index in [0.29, 0.717) is 0 Å². The van der Waals surface area contributed by atoms with Crippen molar-refractivity contribution in [2.24, 2.45) is 0 Å². The van der Waals surface area contributed by atoms with E-state index in [-0.39, 0.29) is 0 Å². The van der Waals surface area contributed by atoms with Crippen LogP contribution in [0.2, 0.25) is 0 Å². The van der Waals surface area contributed by atoms with Crippen LogP contribution in [0, 0.1) is 6.92 Å². The van der Waals surface area contributed by atoms with E-state index in [4.69, 9.17) is 0 Å². The van der Waals surface area contributed by atoms with Crippen LogP contribution in [0.4, 0.5) is 0 Å². The van der Waals surface area contributed by atoms with Gasteiger partial charge in [0.1, 0.15) is 0 Å². The van der Waals surface area contributed by atoms with Crippen molar-refractivity contribution in [3.05, 3.63) is 61.3 Å². The van der Waals surface area contributed by atoms with Gasteiger partial charge in [0, 0.05) is 12.4 Å². The Bertz CT molecular complexity index is 420. The third kappa shape index (κ3) is 2.24. The van der Waals surface area contributed by atoms with Gasteiger partial charge in [0.15, 0.2) is 0 Å². The Kier molecular flexibility index (Phi) is 3.13. The zero-order chi connectivity index (χ0) is 10.5. The van der Waals surface area contributed by atoms with Crippen LogP contribution < -0.4 is 0 Å². The normalized spacial score (nSPS) is 10.2. The highest BCUT2D eigenvalue weighted by Gasteiger charge is 2.02. The van der Waals surface area contributed by atoms with Crippen molar-refractivity contribution in [2.45, 2.75) is 12.8 Å². The molecule has 2 aromatic rings. The Labute approximate surface area is 90.8 Å². The summed E-state index contributed by atoms with van der Waals surface area (Å²) in [6, 6.07) is 12.6. The fourth-order valence-corrected chi connectivity index (χ4v) is 1.74. The van der Waals surface area contributed by atoms with Crippen molar-refractivity contribution in [1.82, 2.24) is 4.98 Å². The molecule has 1 radical (unpaired) electrons. The molecule has 0 fully saturated rings. The quantitative estimate of drug-likeness (QED) is 0.732. The predicted molar refractivity (Wildman–Crippen MR) is 63.4 cm³/mol. The second-order valence-corrected chi connectivity index (χ2v) is 3.50. The van der Waals surface area contributed by atoms with Crippen LogP contribution in [-0.2, 0) is 6.42 Å². The number of hydrogen-bond donors (Lipinski definition) is 0. The van der Waals surface area contributed by atoms with E-state index in [9.17, 15) is 0 Å². The summed E-state index contributed by atoms with van der Waals surface area (Å²) in [4.78, 5) is 4.03. The van der Waals surface area contributed by atoms with Crippen LogP contribution in [0.25, 0.3) is 11.1 Å². The maximum atomic E-state index is 4.03. The fourth-order valence-electron chi connectivity index (χ4n) is 1.74. The van der Waals surface area contributed by atoms with Gasteiger partial charge >= 0.3 is 0 Å². The van der Waals surface area contributed by atoms with Gasteiger partial charge in [0.2, 0.25) is 0 Å². The topological polar surface area (TPSA) is 12.9 Å². The molecule has 1 heteroatoms. The average molecular weight is 196 g/mol. The smallest absolute Gasteiger partial charge is 0.0273 e. The number of pyridine rings is 1. The molecular weight excluding hydrogens is 182 g/mol. The van der Waals surface area contributed by atoms with E-state index < -0.39 is 0 Å². The Balaban J connectivity index is 2.43. The van der Waals surface area contributed by atoms with Crippen LogP contribution in [0.3, 0.4) is 0 Å². The molecule has 0 bridgehead atoms. The molecule has 0 saturated carbocycles. The number of benzene rings is 1. The summed E-state index contributed by atoms with van der Waals surface area (Å²) >= 11 is 0. The molecule has 75 valence electrons. The second-order valence-electron chi connectivity index (χ2n) is 3.50. The Morgan fingerprint density at radius 2 is 1.73 bits per heavy atom. The van der Waals surface area contributed by atoms with Gasteiger partial charge in [-0.25, -0.2) is 0 Å². The first kappa shape index (κ1) is 9.91. The van der Waals surface area contributed by atoms with Gasteiger partial charge in [-0.1, -0.05) is 31.2 Å². The van der Waals surface area contributed by atoms with E-state index in [1.165, 1.54) is 16.7 Å². The molecule has 1 aromatic heterocycles. The van der Waals surface area contributed by atoms with Crippen molar-refractivity contribution >= 4 is 0 Å². The van der Waals surface area contributed by atoms with Gasteiger partial charge in [-0.3, -0.25) is 4.98 Å². The molecule has 0 aliphatic heterocycles. The average Bonchev–Trinajstić information content (AvgIpc) is 2.31. The van der Waals surface area contributed by atoms with E-state index in [0.717, 1.165) is 12.8 Å². The van der Waals surface area contributed by atoms with Crippen LogP contribution in [0.5, 0.6) is 0 Å². The van der Waals surface area contributed by atoms with E-state index in [1.54, 1.807) is 0 Å². The fraction of sp³-hybridized carbons (Fsp3) is 0.143. The van der Waals surface area contributed by atoms with E-state index in [2.05, 4.69) is 36.2 Å². The highest BCUT2D eigenvalue weighted by atomic mass is 14.6. The Hall–Kier alpha value is -1.63. The first-order valence-corrected chi connectivity index (χ1v) is 5.19. The number of aryl methyl sites for hydroxylation is 1. The van der Waals surface area contributed by atoms with Gasteiger partial charge in [-0.05, 0) is 41.7 Å². The van der Waals surface area contributed by atoms with Crippen molar-refractivity contribution in [3.8, 4) is 11.1 Å². The second kappa shape index (κ2) is 4.74. The van der Waals surface area contributed by atoms with Crippen molar-refractivity contribution in [3.63, 3.8) is 0 Å². The number of rotatable bonds is 3. The molecule has 0 saturated heterocycles. The molecular formula is C14H14N. The molecule has 1 heterocycles. The van der Waals surface area contributed by atoms with Gasteiger partial charge < -0.3 is 0 Å². The molecule has 0 spiro atoms. The summed E-state index contributed by atoms with van der Waals surface area (Å²) in [7, 11) is 0. The van der Waals surface area contributed by atoms with Crippen LogP contribution in [-0.4, -0.2) is 4.98 Å². The van der Waals surface area contributed by atoms with Gasteiger partial charge in [-0.15, -0.1) is 0 Å². The highest BCUT2D eigenvalue weighted by molar-refractivity contribution is 5.66. The lowest BCUT2D eigenvalue weighted by Crippen LogP contribution is -1.88. The molecule has 0 aliphatic carbocycles. The first-order valence-electron chi connectivity index (χ1n) is 5.19. The molecule has 0 amide bonds. The minimum atomic E-state index is 0.933. The third-order valence-corrected chi connectivity index (χ3v) is 2.45. The minimum absolute atomic E-state index is 0.933. The van der Waals surface area contributed by atoms with Crippen LogP contribution in [0.15, 0.2) is 48.8 Å². The maximum absolute atomic E-state index is 4.03. The molecule has 0 atom stereocenters. The lowest BCUT2D eigenvalue weighted by Gasteiger charge is -2.07. The standard InChI is InChI=1S/C14H14N/c1-2-5-12-6-3-4-7-14(12)13-8-10-15-11-9-13/h3-4,6-11H,1-2,5H2. The third-order valence-electron chi connectivity index (χ3n) is 2.45. The van der Waals surface area contributed by atoms with E-state index in [1.807, 2.05) is 24.5 Å². The molecule has 1 aromatic carbocycles. The SMILES string of the molecule is [CH2]CCc1ccccc1-c1ccncc1. The lowest BCUT2D eigenvalue weighted by atomic mass is 9.98. The molecule has 1 nitrogen and oxygen atoms in total. The molecule has 2 rings (SSSR count). The van der Waals surface area contributed by atoms with Gasteiger partial charge in [0.05, 0.1) is 0 Å². The van der Waals surface area contributed by atoms with Crippen LogP contribution in [0.1, 0.15) is 12.0 Å². The summed E-state index contributed by atoms with van der Waals surface area (Å²) < 4.78 is 0.